The van der Waals surface area contributed by atoms with Gasteiger partial charge in [-0.2, -0.15) is 0 Å². The van der Waals surface area contributed by atoms with Crippen molar-refractivity contribution in [1.29, 1.82) is 0 Å². The Morgan fingerprint density at radius 3 is 2.33 bits per heavy atom. The Hall–Kier alpha value is -1.36. The van der Waals surface area contributed by atoms with Crippen LogP contribution in [-0.2, 0) is 25.8 Å². The summed E-state index contributed by atoms with van der Waals surface area (Å²) in [6.07, 6.45) is 3.02. The minimum atomic E-state index is -3.13. The number of carbonyl (C=O) groups is 1. The van der Waals surface area contributed by atoms with Crippen LogP contribution < -0.4 is 0 Å². The highest BCUT2D eigenvalue weighted by Crippen LogP contribution is 2.12. The average molecular weight is 270 g/mol. The van der Waals surface area contributed by atoms with Gasteiger partial charge in [0, 0.05) is 12.7 Å². The van der Waals surface area contributed by atoms with Crippen LogP contribution in [0.3, 0.4) is 0 Å². The SMILES string of the molecule is CCOC(=O)CCCc1ccc(S(C)(=O)=O)cc1. The lowest BCUT2D eigenvalue weighted by atomic mass is 10.1. The third kappa shape index (κ3) is 4.87. The molecular formula is C13H18O4S. The first-order valence-corrected chi connectivity index (χ1v) is 7.77. The summed E-state index contributed by atoms with van der Waals surface area (Å²) < 4.78 is 27.3. The molecule has 0 aliphatic heterocycles. The number of carbonyl (C=O) groups excluding carboxylic acids is 1. The quantitative estimate of drug-likeness (QED) is 0.742. The van der Waals surface area contributed by atoms with Crippen LogP contribution in [0.15, 0.2) is 29.2 Å². The maximum absolute atomic E-state index is 11.3. The van der Waals surface area contributed by atoms with E-state index in [9.17, 15) is 13.2 Å². The van der Waals surface area contributed by atoms with Crippen LogP contribution in [0.1, 0.15) is 25.3 Å². The van der Waals surface area contributed by atoms with Crippen molar-refractivity contribution in [3.05, 3.63) is 29.8 Å². The second-order valence-corrected chi connectivity index (χ2v) is 6.09. The Kier molecular flexibility index (Phi) is 5.34. The third-order valence-electron chi connectivity index (χ3n) is 2.50. The Labute approximate surface area is 108 Å². The first-order chi connectivity index (χ1) is 8.43. The van der Waals surface area contributed by atoms with Gasteiger partial charge in [-0.1, -0.05) is 12.1 Å². The predicted octanol–water partition coefficient (Wildman–Crippen LogP) is 1.98. The van der Waals surface area contributed by atoms with Crippen LogP contribution in [0.25, 0.3) is 0 Å². The molecule has 0 amide bonds. The molecule has 0 aliphatic carbocycles. The number of rotatable bonds is 6. The topological polar surface area (TPSA) is 60.4 Å². The van der Waals surface area contributed by atoms with Crippen molar-refractivity contribution in [2.75, 3.05) is 12.9 Å². The first-order valence-electron chi connectivity index (χ1n) is 5.88. The molecule has 0 fully saturated rings. The number of sulfone groups is 1. The smallest absolute Gasteiger partial charge is 0.305 e. The van der Waals surface area contributed by atoms with Crippen molar-refractivity contribution in [2.45, 2.75) is 31.1 Å². The van der Waals surface area contributed by atoms with E-state index >= 15 is 0 Å². The molecule has 0 aliphatic rings. The molecule has 0 heterocycles. The maximum Gasteiger partial charge on any atom is 0.305 e. The standard InChI is InChI=1S/C13H18O4S/c1-3-17-13(14)6-4-5-11-7-9-12(10-8-11)18(2,15)16/h7-10H,3-6H2,1-2H3. The Balaban J connectivity index is 2.47. The van der Waals surface area contributed by atoms with Crippen molar-refractivity contribution in [3.63, 3.8) is 0 Å². The van der Waals surface area contributed by atoms with Gasteiger partial charge in [0.25, 0.3) is 0 Å². The van der Waals surface area contributed by atoms with E-state index in [0.717, 1.165) is 12.0 Å². The fourth-order valence-electron chi connectivity index (χ4n) is 1.57. The van der Waals surface area contributed by atoms with E-state index in [1.54, 1.807) is 31.2 Å². The monoisotopic (exact) mass is 270 g/mol. The highest BCUT2D eigenvalue weighted by molar-refractivity contribution is 7.90. The molecule has 0 spiro atoms. The normalized spacial score (nSPS) is 11.2. The molecule has 0 aromatic heterocycles. The molecule has 18 heavy (non-hydrogen) atoms. The molecule has 0 saturated carbocycles. The Bertz CT molecular complexity index is 488. The van der Waals surface area contributed by atoms with Crippen LogP contribution in [0.4, 0.5) is 0 Å². The zero-order valence-corrected chi connectivity index (χ0v) is 11.5. The summed E-state index contributed by atoms with van der Waals surface area (Å²) in [5, 5.41) is 0. The zero-order valence-electron chi connectivity index (χ0n) is 10.7. The molecule has 0 saturated heterocycles. The second kappa shape index (κ2) is 6.54. The van der Waals surface area contributed by atoms with E-state index < -0.39 is 9.84 Å². The van der Waals surface area contributed by atoms with Gasteiger partial charge in [-0.15, -0.1) is 0 Å². The summed E-state index contributed by atoms with van der Waals surface area (Å²) in [6.45, 7) is 2.18. The highest BCUT2D eigenvalue weighted by Gasteiger charge is 2.06. The average Bonchev–Trinajstić information content (AvgIpc) is 2.29. The summed E-state index contributed by atoms with van der Waals surface area (Å²) in [5.74, 6) is -0.190. The first kappa shape index (κ1) is 14.7. The van der Waals surface area contributed by atoms with Gasteiger partial charge in [0.05, 0.1) is 11.5 Å². The third-order valence-corrected chi connectivity index (χ3v) is 3.63. The van der Waals surface area contributed by atoms with Gasteiger partial charge in [-0.25, -0.2) is 8.42 Å². The molecule has 0 atom stereocenters. The number of hydrogen-bond acceptors (Lipinski definition) is 4. The highest BCUT2D eigenvalue weighted by atomic mass is 32.2. The lowest BCUT2D eigenvalue weighted by molar-refractivity contribution is -0.143. The van der Waals surface area contributed by atoms with E-state index in [1.807, 2.05) is 0 Å². The molecule has 1 aromatic carbocycles. The van der Waals surface area contributed by atoms with E-state index in [4.69, 9.17) is 4.74 Å². The second-order valence-electron chi connectivity index (χ2n) is 4.07. The fraction of sp³-hybridized carbons (Fsp3) is 0.462. The van der Waals surface area contributed by atoms with Crippen molar-refractivity contribution >= 4 is 15.8 Å². The summed E-state index contributed by atoms with van der Waals surface area (Å²) >= 11 is 0. The summed E-state index contributed by atoms with van der Waals surface area (Å²) in [4.78, 5) is 11.4. The predicted molar refractivity (Wildman–Crippen MR) is 69.1 cm³/mol. The number of ether oxygens (including phenoxy) is 1. The largest absolute Gasteiger partial charge is 0.466 e. The molecule has 1 aromatic rings. The number of esters is 1. The Morgan fingerprint density at radius 1 is 1.22 bits per heavy atom. The summed E-state index contributed by atoms with van der Waals surface area (Å²) in [6, 6.07) is 6.74. The van der Waals surface area contributed by atoms with Crippen molar-refractivity contribution in [1.82, 2.24) is 0 Å². The van der Waals surface area contributed by atoms with Gasteiger partial charge in [0.1, 0.15) is 0 Å². The molecule has 0 radical (unpaired) electrons. The van der Waals surface area contributed by atoms with Crippen LogP contribution in [-0.4, -0.2) is 27.2 Å². The van der Waals surface area contributed by atoms with Gasteiger partial charge in [-0.3, -0.25) is 4.79 Å². The molecule has 4 nitrogen and oxygen atoms in total. The molecular weight excluding hydrogens is 252 g/mol. The van der Waals surface area contributed by atoms with Crippen LogP contribution in [0.2, 0.25) is 0 Å². The lowest BCUT2D eigenvalue weighted by Gasteiger charge is -2.03. The maximum atomic E-state index is 11.3. The number of hydrogen-bond donors (Lipinski definition) is 0. The van der Waals surface area contributed by atoms with Crippen LogP contribution in [0.5, 0.6) is 0 Å². The lowest BCUT2D eigenvalue weighted by Crippen LogP contribution is -2.04. The number of aryl methyl sites for hydroxylation is 1. The van der Waals surface area contributed by atoms with Crippen LogP contribution in [0, 0.1) is 0 Å². The van der Waals surface area contributed by atoms with Crippen molar-refractivity contribution < 1.29 is 17.9 Å². The molecule has 0 unspecified atom stereocenters. The van der Waals surface area contributed by atoms with Crippen LogP contribution >= 0.6 is 0 Å². The fourth-order valence-corrected chi connectivity index (χ4v) is 2.20. The van der Waals surface area contributed by atoms with E-state index in [-0.39, 0.29) is 5.97 Å². The van der Waals surface area contributed by atoms with Gasteiger partial charge in [0.2, 0.25) is 0 Å². The van der Waals surface area contributed by atoms with E-state index in [0.29, 0.717) is 24.3 Å². The van der Waals surface area contributed by atoms with Gasteiger partial charge < -0.3 is 4.74 Å². The van der Waals surface area contributed by atoms with E-state index in [1.165, 1.54) is 6.26 Å². The van der Waals surface area contributed by atoms with Crippen molar-refractivity contribution in [3.8, 4) is 0 Å². The van der Waals surface area contributed by atoms with Crippen molar-refractivity contribution in [2.24, 2.45) is 0 Å². The molecule has 0 N–H and O–H groups in total. The van der Waals surface area contributed by atoms with Gasteiger partial charge in [0.15, 0.2) is 9.84 Å². The molecule has 100 valence electrons. The minimum absolute atomic E-state index is 0.190. The minimum Gasteiger partial charge on any atom is -0.466 e. The zero-order chi connectivity index (χ0) is 13.6. The molecule has 5 heteroatoms. The Morgan fingerprint density at radius 2 is 1.83 bits per heavy atom. The van der Waals surface area contributed by atoms with E-state index in [2.05, 4.69) is 0 Å². The molecule has 1 rings (SSSR count). The summed E-state index contributed by atoms with van der Waals surface area (Å²) in [7, 11) is -3.13. The van der Waals surface area contributed by atoms with Gasteiger partial charge >= 0.3 is 5.97 Å². The van der Waals surface area contributed by atoms with Gasteiger partial charge in [-0.05, 0) is 37.5 Å². The molecule has 0 bridgehead atoms. The summed E-state index contributed by atoms with van der Waals surface area (Å²) in [5.41, 5.74) is 1.02. The number of benzene rings is 1.